The molecule has 3 aliphatic rings. The summed E-state index contributed by atoms with van der Waals surface area (Å²) < 4.78 is 0. The molecule has 0 unspecified atom stereocenters. The Labute approximate surface area is 141 Å². The largest absolute Gasteiger partial charge is 0.299 e. The highest BCUT2D eigenvalue weighted by Gasteiger charge is 2.58. The Bertz CT molecular complexity index is 399. The van der Waals surface area contributed by atoms with E-state index in [2.05, 4.69) is 11.8 Å². The lowest BCUT2D eigenvalue weighted by Gasteiger charge is -2.55. The lowest BCUT2D eigenvalue weighted by Crippen LogP contribution is -2.64. The standard InChI is InChI=1S/C19H32ClNO/c1-2-3-4-5-8-15-13-18(22)17-9-6-7-11-19(17)12-10-16(14-20)21(15)19/h15-17H,2-14H2,1H3/t15-,16+,17-,19+/m0/s1. The van der Waals surface area contributed by atoms with Gasteiger partial charge in [0, 0.05) is 35.8 Å². The van der Waals surface area contributed by atoms with Crippen molar-refractivity contribution in [1.29, 1.82) is 0 Å². The van der Waals surface area contributed by atoms with Crippen molar-refractivity contribution in [2.75, 3.05) is 5.88 Å². The summed E-state index contributed by atoms with van der Waals surface area (Å²) in [6, 6.07) is 0.997. The lowest BCUT2D eigenvalue weighted by atomic mass is 9.65. The predicted octanol–water partition coefficient (Wildman–Crippen LogP) is 4.93. The summed E-state index contributed by atoms with van der Waals surface area (Å²) in [4.78, 5) is 15.6. The van der Waals surface area contributed by atoms with E-state index >= 15 is 0 Å². The zero-order valence-electron chi connectivity index (χ0n) is 14.2. The third-order valence-corrected chi connectivity index (χ3v) is 6.96. The molecule has 2 nitrogen and oxygen atoms in total. The Kier molecular flexibility index (Phi) is 5.50. The fraction of sp³-hybridized carbons (Fsp3) is 0.947. The van der Waals surface area contributed by atoms with Crippen LogP contribution in [0.25, 0.3) is 0 Å². The van der Waals surface area contributed by atoms with Gasteiger partial charge in [-0.05, 0) is 32.1 Å². The molecule has 4 atom stereocenters. The number of carbonyl (C=O) groups is 1. The van der Waals surface area contributed by atoms with Crippen molar-refractivity contribution in [2.24, 2.45) is 5.92 Å². The van der Waals surface area contributed by atoms with Crippen LogP contribution in [0, 0.1) is 5.92 Å². The number of carbonyl (C=O) groups excluding carboxylic acids is 1. The highest BCUT2D eigenvalue weighted by Crippen LogP contribution is 2.53. The fourth-order valence-corrected chi connectivity index (χ4v) is 5.98. The van der Waals surface area contributed by atoms with Gasteiger partial charge in [-0.3, -0.25) is 9.69 Å². The molecule has 22 heavy (non-hydrogen) atoms. The first-order valence-electron chi connectivity index (χ1n) is 9.60. The van der Waals surface area contributed by atoms with Gasteiger partial charge in [0.15, 0.2) is 0 Å². The molecule has 1 spiro atoms. The van der Waals surface area contributed by atoms with E-state index < -0.39 is 0 Å². The van der Waals surface area contributed by atoms with Crippen molar-refractivity contribution in [1.82, 2.24) is 4.90 Å². The summed E-state index contributed by atoms with van der Waals surface area (Å²) in [5.74, 6) is 1.64. The van der Waals surface area contributed by atoms with Gasteiger partial charge >= 0.3 is 0 Å². The summed E-state index contributed by atoms with van der Waals surface area (Å²) in [6.07, 6.45) is 14.5. The molecule has 126 valence electrons. The van der Waals surface area contributed by atoms with E-state index in [1.54, 1.807) is 0 Å². The van der Waals surface area contributed by atoms with Crippen LogP contribution in [0.2, 0.25) is 0 Å². The van der Waals surface area contributed by atoms with Crippen LogP contribution >= 0.6 is 11.6 Å². The van der Waals surface area contributed by atoms with Gasteiger partial charge in [-0.1, -0.05) is 45.4 Å². The minimum absolute atomic E-state index is 0.197. The van der Waals surface area contributed by atoms with Crippen LogP contribution in [0.15, 0.2) is 0 Å². The maximum atomic E-state index is 12.8. The van der Waals surface area contributed by atoms with E-state index in [1.165, 1.54) is 64.2 Å². The molecule has 2 aliphatic heterocycles. The Morgan fingerprint density at radius 2 is 2.00 bits per heavy atom. The maximum Gasteiger partial charge on any atom is 0.139 e. The Morgan fingerprint density at radius 1 is 1.14 bits per heavy atom. The van der Waals surface area contributed by atoms with Gasteiger partial charge in [-0.2, -0.15) is 0 Å². The van der Waals surface area contributed by atoms with Gasteiger partial charge in [-0.25, -0.2) is 0 Å². The first kappa shape index (κ1) is 16.8. The van der Waals surface area contributed by atoms with Gasteiger partial charge in [0.25, 0.3) is 0 Å². The van der Waals surface area contributed by atoms with Crippen LogP contribution < -0.4 is 0 Å². The topological polar surface area (TPSA) is 20.3 Å². The van der Waals surface area contributed by atoms with Crippen LogP contribution in [0.5, 0.6) is 0 Å². The third kappa shape index (κ3) is 2.86. The zero-order chi connectivity index (χ0) is 15.6. The Morgan fingerprint density at radius 3 is 2.77 bits per heavy atom. The van der Waals surface area contributed by atoms with E-state index in [0.717, 1.165) is 18.7 Å². The first-order valence-corrected chi connectivity index (χ1v) is 10.1. The average molecular weight is 326 g/mol. The number of piperidine rings is 1. The van der Waals surface area contributed by atoms with E-state index in [0.29, 0.717) is 23.8 Å². The molecule has 0 aromatic rings. The number of rotatable bonds is 6. The molecular formula is C19H32ClNO. The second-order valence-electron chi connectivity index (χ2n) is 7.83. The Hall–Kier alpha value is -0.0800. The summed E-state index contributed by atoms with van der Waals surface area (Å²) in [6.45, 7) is 2.26. The molecule has 1 saturated carbocycles. The smallest absolute Gasteiger partial charge is 0.139 e. The number of alkyl halides is 1. The van der Waals surface area contributed by atoms with Crippen molar-refractivity contribution in [3.05, 3.63) is 0 Å². The fourth-order valence-electron chi connectivity index (χ4n) is 5.67. The first-order chi connectivity index (χ1) is 10.7. The SMILES string of the molecule is CCCCCC[C@H]1CC(=O)[C@@H]2CCCC[C@@]23CC[C@H](CCl)N13. The molecule has 0 bridgehead atoms. The normalized spacial score (nSPS) is 38.8. The summed E-state index contributed by atoms with van der Waals surface area (Å²) in [7, 11) is 0. The van der Waals surface area contributed by atoms with Crippen LogP contribution in [-0.2, 0) is 4.79 Å². The monoisotopic (exact) mass is 325 g/mol. The molecule has 3 fully saturated rings. The number of ketones is 1. The molecule has 3 heteroatoms. The molecule has 0 aromatic heterocycles. The van der Waals surface area contributed by atoms with Crippen LogP contribution in [-0.4, -0.2) is 34.2 Å². The number of nitrogens with zero attached hydrogens (tertiary/aromatic N) is 1. The second kappa shape index (κ2) is 7.21. The van der Waals surface area contributed by atoms with Gasteiger partial charge < -0.3 is 0 Å². The quantitative estimate of drug-likeness (QED) is 0.509. The lowest BCUT2D eigenvalue weighted by molar-refractivity contribution is -0.142. The van der Waals surface area contributed by atoms with Crippen molar-refractivity contribution in [3.8, 4) is 0 Å². The molecule has 3 rings (SSSR count). The van der Waals surface area contributed by atoms with Crippen LogP contribution in [0.1, 0.15) is 84.0 Å². The zero-order valence-corrected chi connectivity index (χ0v) is 14.9. The molecule has 0 radical (unpaired) electrons. The van der Waals surface area contributed by atoms with Gasteiger partial charge in [0.1, 0.15) is 5.78 Å². The van der Waals surface area contributed by atoms with Crippen LogP contribution in [0.3, 0.4) is 0 Å². The summed E-state index contributed by atoms with van der Waals surface area (Å²) >= 11 is 6.31. The van der Waals surface area contributed by atoms with Gasteiger partial charge in [0.05, 0.1) is 0 Å². The van der Waals surface area contributed by atoms with Crippen molar-refractivity contribution in [3.63, 3.8) is 0 Å². The highest BCUT2D eigenvalue weighted by molar-refractivity contribution is 6.18. The molecule has 2 heterocycles. The number of unbranched alkanes of at least 4 members (excludes halogenated alkanes) is 3. The van der Waals surface area contributed by atoms with Crippen molar-refractivity contribution in [2.45, 2.75) is 102 Å². The highest BCUT2D eigenvalue weighted by atomic mass is 35.5. The minimum Gasteiger partial charge on any atom is -0.299 e. The molecule has 0 aromatic carbocycles. The minimum atomic E-state index is 0.197. The van der Waals surface area contributed by atoms with E-state index in [1.807, 2.05) is 0 Å². The van der Waals surface area contributed by atoms with E-state index in [9.17, 15) is 4.79 Å². The number of hydrogen-bond acceptors (Lipinski definition) is 2. The summed E-state index contributed by atoms with van der Waals surface area (Å²) in [5, 5.41) is 0. The molecular weight excluding hydrogens is 294 g/mol. The number of halogens is 1. The predicted molar refractivity (Wildman–Crippen MR) is 92.4 cm³/mol. The maximum absolute atomic E-state index is 12.8. The van der Waals surface area contributed by atoms with Crippen LogP contribution in [0.4, 0.5) is 0 Å². The van der Waals surface area contributed by atoms with Gasteiger partial charge in [-0.15, -0.1) is 11.6 Å². The van der Waals surface area contributed by atoms with Crippen molar-refractivity contribution >= 4 is 17.4 Å². The molecule has 0 amide bonds. The molecule has 2 saturated heterocycles. The summed E-state index contributed by atoms with van der Waals surface area (Å²) in [5.41, 5.74) is 0.197. The van der Waals surface area contributed by atoms with E-state index in [4.69, 9.17) is 11.6 Å². The van der Waals surface area contributed by atoms with Gasteiger partial charge in [0.2, 0.25) is 0 Å². The van der Waals surface area contributed by atoms with Crippen molar-refractivity contribution < 1.29 is 4.79 Å². The van der Waals surface area contributed by atoms with E-state index in [-0.39, 0.29) is 5.54 Å². The number of hydrogen-bond donors (Lipinski definition) is 0. The molecule has 0 N–H and O–H groups in total. The average Bonchev–Trinajstić information content (AvgIpc) is 2.90. The Balaban J connectivity index is 1.77. The third-order valence-electron chi connectivity index (χ3n) is 6.61. The molecule has 1 aliphatic carbocycles. The second-order valence-corrected chi connectivity index (χ2v) is 8.14. The number of Topliss-reactive ketones (excluding diaryl/α,β-unsaturated/α-hetero) is 1.